The summed E-state index contributed by atoms with van der Waals surface area (Å²) in [7, 11) is 0. The average Bonchev–Trinajstić information content (AvgIpc) is 3.99. The number of aromatic nitrogens is 4. The van der Waals surface area contributed by atoms with Gasteiger partial charge in [-0.25, -0.2) is 9.97 Å². The van der Waals surface area contributed by atoms with E-state index in [1.165, 1.54) is 38.3 Å². The first kappa shape index (κ1) is 33.7. The molecule has 4 aromatic heterocycles. The molecule has 4 heterocycles. The van der Waals surface area contributed by atoms with E-state index in [0.717, 1.165) is 77.5 Å². The van der Waals surface area contributed by atoms with Gasteiger partial charge in [-0.3, -0.25) is 0 Å². The third-order valence-corrected chi connectivity index (χ3v) is 12.3. The Morgan fingerprint density at radius 3 is 1.84 bits per heavy atom. The van der Waals surface area contributed by atoms with Crippen molar-refractivity contribution < 1.29 is 4.42 Å². The molecule has 0 fully saturated rings. The van der Waals surface area contributed by atoms with Gasteiger partial charge in [-0.2, -0.15) is 0 Å². The number of para-hydroxylation sites is 3. The van der Waals surface area contributed by atoms with Crippen LogP contribution in [0.2, 0.25) is 0 Å². The summed E-state index contributed by atoms with van der Waals surface area (Å²) in [5.74, 6) is 0.693. The first-order valence-corrected chi connectivity index (χ1v) is 20.7. The van der Waals surface area contributed by atoms with E-state index >= 15 is 0 Å². The molecule has 9 aromatic carbocycles. The van der Waals surface area contributed by atoms with Gasteiger partial charge in [0.25, 0.3) is 0 Å². The van der Waals surface area contributed by atoms with Crippen LogP contribution in [0.15, 0.2) is 211 Å². The molecule has 5 heteroatoms. The molecule has 0 N–H and O–H groups in total. The molecule has 5 nitrogen and oxygen atoms in total. The maximum Gasteiger partial charge on any atom is 0.160 e. The summed E-state index contributed by atoms with van der Waals surface area (Å²) >= 11 is 0. The van der Waals surface area contributed by atoms with Crippen LogP contribution in [-0.4, -0.2) is 19.1 Å². The highest BCUT2D eigenvalue weighted by atomic mass is 16.3. The van der Waals surface area contributed by atoms with E-state index in [4.69, 9.17) is 14.4 Å². The molecule has 13 aromatic rings. The predicted molar refractivity (Wildman–Crippen MR) is 252 cm³/mol. The van der Waals surface area contributed by atoms with Crippen molar-refractivity contribution in [1.82, 2.24) is 19.1 Å². The number of rotatable bonds is 5. The third-order valence-electron chi connectivity index (χ3n) is 12.3. The highest BCUT2D eigenvalue weighted by molar-refractivity contribution is 6.31. The van der Waals surface area contributed by atoms with E-state index in [1.54, 1.807) is 0 Å². The molecule has 61 heavy (non-hydrogen) atoms. The molecule has 0 unspecified atom stereocenters. The molecule has 0 aliphatic rings. The maximum atomic E-state index is 6.56. The van der Waals surface area contributed by atoms with E-state index in [0.29, 0.717) is 5.82 Å². The van der Waals surface area contributed by atoms with Crippen molar-refractivity contribution in [2.24, 2.45) is 0 Å². The van der Waals surface area contributed by atoms with Crippen molar-refractivity contribution in [2.75, 3.05) is 0 Å². The molecular weight excluding hydrogens is 745 g/mol. The number of benzene rings is 9. The van der Waals surface area contributed by atoms with Crippen LogP contribution in [0.25, 0.3) is 122 Å². The molecule has 0 aliphatic heterocycles. The summed E-state index contributed by atoms with van der Waals surface area (Å²) in [6.07, 6.45) is 0. The number of nitrogens with zero attached hydrogens (tertiary/aromatic N) is 4. The van der Waals surface area contributed by atoms with Gasteiger partial charge in [-0.15, -0.1) is 0 Å². The lowest BCUT2D eigenvalue weighted by atomic mass is 10.0. The van der Waals surface area contributed by atoms with Crippen LogP contribution in [0.5, 0.6) is 0 Å². The van der Waals surface area contributed by atoms with Crippen molar-refractivity contribution in [3.8, 4) is 45.1 Å². The molecule has 0 spiro atoms. The van der Waals surface area contributed by atoms with Gasteiger partial charge in [-0.1, -0.05) is 133 Å². The van der Waals surface area contributed by atoms with Gasteiger partial charge >= 0.3 is 0 Å². The van der Waals surface area contributed by atoms with Crippen LogP contribution in [0.4, 0.5) is 0 Å². The zero-order valence-electron chi connectivity index (χ0n) is 32.8. The van der Waals surface area contributed by atoms with E-state index in [9.17, 15) is 0 Å². The highest BCUT2D eigenvalue weighted by Gasteiger charge is 2.24. The van der Waals surface area contributed by atoms with Crippen LogP contribution in [0, 0.1) is 0 Å². The van der Waals surface area contributed by atoms with Crippen LogP contribution in [0.3, 0.4) is 0 Å². The van der Waals surface area contributed by atoms with Gasteiger partial charge in [0.1, 0.15) is 11.2 Å². The molecule has 0 atom stereocenters. The summed E-state index contributed by atoms with van der Waals surface area (Å²) < 4.78 is 11.4. The number of furan rings is 1. The second kappa shape index (κ2) is 13.1. The summed E-state index contributed by atoms with van der Waals surface area (Å²) in [6, 6.07) is 73.1. The minimum atomic E-state index is 0.693. The van der Waals surface area contributed by atoms with Crippen LogP contribution in [-0.2, 0) is 0 Å². The lowest BCUT2D eigenvalue weighted by molar-refractivity contribution is 0.669. The van der Waals surface area contributed by atoms with Crippen molar-refractivity contribution in [3.63, 3.8) is 0 Å². The Hall–Kier alpha value is -8.28. The molecule has 0 amide bonds. The zero-order valence-corrected chi connectivity index (χ0v) is 32.8. The normalized spacial score (nSPS) is 11.9. The Balaban J connectivity index is 1.10. The Bertz CT molecular complexity index is 3860. The molecular formula is C56H34N4O. The van der Waals surface area contributed by atoms with E-state index in [-0.39, 0.29) is 0 Å². The molecule has 0 saturated carbocycles. The lowest BCUT2D eigenvalue weighted by Crippen LogP contribution is -1.97. The van der Waals surface area contributed by atoms with Crippen LogP contribution in [0.1, 0.15) is 0 Å². The molecule has 0 saturated heterocycles. The van der Waals surface area contributed by atoms with Gasteiger partial charge in [0.2, 0.25) is 0 Å². The molecule has 0 bridgehead atoms. The van der Waals surface area contributed by atoms with Crippen LogP contribution >= 0.6 is 0 Å². The second-order valence-corrected chi connectivity index (χ2v) is 15.7. The van der Waals surface area contributed by atoms with Gasteiger partial charge in [0.05, 0.1) is 38.7 Å². The highest BCUT2D eigenvalue weighted by Crippen LogP contribution is 2.46. The molecule has 0 radical (unpaired) electrons. The Labute approximate surface area is 350 Å². The Kier molecular flexibility index (Phi) is 7.24. The fraction of sp³-hybridized carbons (Fsp3) is 0. The minimum absolute atomic E-state index is 0.693. The minimum Gasteiger partial charge on any atom is -0.456 e. The monoisotopic (exact) mass is 778 g/mol. The van der Waals surface area contributed by atoms with Crippen molar-refractivity contribution in [1.29, 1.82) is 0 Å². The standard InChI is InChI=1S/C56H34N4O/c1-3-14-35(15-4-1)38-18-13-19-40(34-38)60-47-24-11-8-20-41(47)42-30-32-48-51(54(42)60)45-31-33-50-52(44-22-9-12-25-49(44)61-50)55(45)59(48)39-28-26-37(27-29-39)56-57-46-23-10-7-21-43(46)53(58-56)36-16-5-2-6-17-36/h1-34H. The first-order valence-electron chi connectivity index (χ1n) is 20.7. The van der Waals surface area contributed by atoms with Gasteiger partial charge in [-0.05, 0) is 83.9 Å². The van der Waals surface area contributed by atoms with Crippen LogP contribution < -0.4 is 0 Å². The van der Waals surface area contributed by atoms with E-state index in [2.05, 4.69) is 191 Å². The van der Waals surface area contributed by atoms with Crippen molar-refractivity contribution in [3.05, 3.63) is 206 Å². The summed E-state index contributed by atoms with van der Waals surface area (Å²) in [4.78, 5) is 10.3. The lowest BCUT2D eigenvalue weighted by Gasteiger charge is -2.12. The number of hydrogen-bond donors (Lipinski definition) is 0. The van der Waals surface area contributed by atoms with Crippen molar-refractivity contribution in [2.45, 2.75) is 0 Å². The molecule has 0 aliphatic carbocycles. The Morgan fingerprint density at radius 1 is 0.344 bits per heavy atom. The number of fused-ring (bicyclic) bond motifs is 12. The van der Waals surface area contributed by atoms with Crippen molar-refractivity contribution >= 4 is 76.5 Å². The number of hydrogen-bond acceptors (Lipinski definition) is 3. The zero-order chi connectivity index (χ0) is 40.0. The molecule has 13 rings (SSSR count). The van der Waals surface area contributed by atoms with Gasteiger partial charge in [0, 0.05) is 54.8 Å². The predicted octanol–water partition coefficient (Wildman–Crippen LogP) is 14.7. The third kappa shape index (κ3) is 5.08. The SMILES string of the molecule is c1ccc(-c2cccc(-n3c4ccccc4c4ccc5c(c6ccc7oc8ccccc8c7c6n5-c5ccc(-c6nc(-c7ccccc7)c7ccccc7n6)cc5)c43)c2)cc1. The maximum absolute atomic E-state index is 6.56. The Morgan fingerprint density at radius 2 is 1.00 bits per heavy atom. The van der Waals surface area contributed by atoms with Gasteiger partial charge < -0.3 is 13.6 Å². The van der Waals surface area contributed by atoms with E-state index in [1.807, 2.05) is 24.3 Å². The second-order valence-electron chi connectivity index (χ2n) is 15.7. The fourth-order valence-corrected chi connectivity index (χ4v) is 9.62. The average molecular weight is 779 g/mol. The first-order chi connectivity index (χ1) is 30.3. The smallest absolute Gasteiger partial charge is 0.160 e. The molecule has 284 valence electrons. The van der Waals surface area contributed by atoms with Gasteiger partial charge in [0.15, 0.2) is 5.82 Å². The summed E-state index contributed by atoms with van der Waals surface area (Å²) in [6.45, 7) is 0. The fourth-order valence-electron chi connectivity index (χ4n) is 9.62. The largest absolute Gasteiger partial charge is 0.456 e. The summed E-state index contributed by atoms with van der Waals surface area (Å²) in [5.41, 5.74) is 14.7. The quantitative estimate of drug-likeness (QED) is 0.175. The topological polar surface area (TPSA) is 48.8 Å². The summed E-state index contributed by atoms with van der Waals surface area (Å²) in [5, 5.41) is 8.01. The van der Waals surface area contributed by atoms with E-state index < -0.39 is 0 Å².